The molecule has 0 radical (unpaired) electrons. The Morgan fingerprint density at radius 1 is 1.38 bits per heavy atom. The molecule has 0 aliphatic heterocycles. The second-order valence-corrected chi connectivity index (χ2v) is 5.43. The molecule has 0 spiro atoms. The molecule has 1 aromatic carbocycles. The number of thioether (sulfide) groups is 1. The Morgan fingerprint density at radius 3 is 2.38 bits per heavy atom. The van der Waals surface area contributed by atoms with Crippen molar-refractivity contribution in [3.63, 3.8) is 0 Å². The van der Waals surface area contributed by atoms with E-state index in [1.54, 1.807) is 6.26 Å². The number of benzene rings is 1. The molecule has 13 heavy (non-hydrogen) atoms. The van der Waals surface area contributed by atoms with Gasteiger partial charge in [0.1, 0.15) is 5.82 Å². The van der Waals surface area contributed by atoms with Gasteiger partial charge in [0.15, 0.2) is 9.84 Å². The molecule has 1 rings (SSSR count). The number of halogens is 1. The standard InChI is InChI=1S/C8H9FO2S2/c1-12-8-4-3-6(5-7(8)9)13(2,10)11/h3-5H,1-2H3. The zero-order valence-corrected chi connectivity index (χ0v) is 8.88. The molecule has 0 unspecified atom stereocenters. The van der Waals surface area contributed by atoms with Crippen molar-refractivity contribution >= 4 is 21.6 Å². The fraction of sp³-hybridized carbons (Fsp3) is 0.250. The first-order chi connectivity index (χ1) is 5.95. The van der Waals surface area contributed by atoms with Gasteiger partial charge in [0, 0.05) is 11.2 Å². The Bertz CT molecular complexity index is 412. The Morgan fingerprint density at radius 2 is 2.00 bits per heavy atom. The Hall–Kier alpha value is -0.550. The van der Waals surface area contributed by atoms with Gasteiger partial charge in [-0.2, -0.15) is 0 Å². The van der Waals surface area contributed by atoms with Crippen LogP contribution in [0.2, 0.25) is 0 Å². The number of sulfone groups is 1. The van der Waals surface area contributed by atoms with Crippen LogP contribution in [0.15, 0.2) is 28.0 Å². The van der Waals surface area contributed by atoms with Crippen LogP contribution in [0.1, 0.15) is 0 Å². The van der Waals surface area contributed by atoms with Crippen molar-refractivity contribution in [3.05, 3.63) is 24.0 Å². The van der Waals surface area contributed by atoms with E-state index >= 15 is 0 Å². The molecule has 0 amide bonds. The smallest absolute Gasteiger partial charge is 0.175 e. The van der Waals surface area contributed by atoms with Crippen LogP contribution in [-0.4, -0.2) is 20.9 Å². The first kappa shape index (κ1) is 10.5. The maximum Gasteiger partial charge on any atom is 0.175 e. The average Bonchev–Trinajstić information content (AvgIpc) is 2.02. The molecule has 0 aliphatic carbocycles. The van der Waals surface area contributed by atoms with Crippen molar-refractivity contribution in [1.29, 1.82) is 0 Å². The molecule has 1 aromatic rings. The fourth-order valence-corrected chi connectivity index (χ4v) is 1.97. The monoisotopic (exact) mass is 220 g/mol. The highest BCUT2D eigenvalue weighted by molar-refractivity contribution is 7.98. The van der Waals surface area contributed by atoms with Crippen LogP contribution in [-0.2, 0) is 9.84 Å². The SMILES string of the molecule is CSc1ccc(S(C)(=O)=O)cc1F. The third-order valence-corrected chi connectivity index (χ3v) is 3.43. The molecule has 0 saturated carbocycles. The minimum atomic E-state index is -3.30. The highest BCUT2D eigenvalue weighted by atomic mass is 32.2. The van der Waals surface area contributed by atoms with E-state index in [0.717, 1.165) is 12.3 Å². The van der Waals surface area contributed by atoms with Gasteiger partial charge >= 0.3 is 0 Å². The van der Waals surface area contributed by atoms with E-state index < -0.39 is 15.7 Å². The van der Waals surface area contributed by atoms with Crippen LogP contribution in [0, 0.1) is 5.82 Å². The van der Waals surface area contributed by atoms with Crippen LogP contribution in [0.25, 0.3) is 0 Å². The van der Waals surface area contributed by atoms with E-state index in [-0.39, 0.29) is 4.90 Å². The van der Waals surface area contributed by atoms with Crippen LogP contribution < -0.4 is 0 Å². The zero-order valence-electron chi connectivity index (χ0n) is 7.24. The van der Waals surface area contributed by atoms with Crippen LogP contribution in [0.4, 0.5) is 4.39 Å². The van der Waals surface area contributed by atoms with Gasteiger partial charge in [-0.15, -0.1) is 11.8 Å². The lowest BCUT2D eigenvalue weighted by Gasteiger charge is -2.01. The highest BCUT2D eigenvalue weighted by Gasteiger charge is 2.09. The van der Waals surface area contributed by atoms with Crippen molar-refractivity contribution in [2.75, 3.05) is 12.5 Å². The van der Waals surface area contributed by atoms with Gasteiger partial charge in [-0.25, -0.2) is 12.8 Å². The Labute approximate surface area is 81.1 Å². The molecule has 0 heterocycles. The van der Waals surface area contributed by atoms with Crippen LogP contribution >= 0.6 is 11.8 Å². The Balaban J connectivity index is 3.26. The molecule has 0 N–H and O–H groups in total. The summed E-state index contributed by atoms with van der Waals surface area (Å²) < 4.78 is 35.1. The topological polar surface area (TPSA) is 34.1 Å². The third kappa shape index (κ3) is 2.45. The molecule has 0 aromatic heterocycles. The van der Waals surface area contributed by atoms with Crippen molar-refractivity contribution in [2.45, 2.75) is 9.79 Å². The maximum atomic E-state index is 13.1. The minimum absolute atomic E-state index is 0.0165. The largest absolute Gasteiger partial charge is 0.224 e. The van der Waals surface area contributed by atoms with Crippen LogP contribution in [0.3, 0.4) is 0 Å². The van der Waals surface area contributed by atoms with Crippen molar-refractivity contribution in [1.82, 2.24) is 0 Å². The van der Waals surface area contributed by atoms with Gasteiger partial charge < -0.3 is 0 Å². The second-order valence-electron chi connectivity index (χ2n) is 2.57. The first-order valence-electron chi connectivity index (χ1n) is 3.49. The minimum Gasteiger partial charge on any atom is -0.224 e. The van der Waals surface area contributed by atoms with Crippen molar-refractivity contribution in [2.24, 2.45) is 0 Å². The lowest BCUT2D eigenvalue weighted by molar-refractivity contribution is 0.586. The molecule has 72 valence electrons. The van der Waals surface area contributed by atoms with Gasteiger partial charge in [0.2, 0.25) is 0 Å². The lowest BCUT2D eigenvalue weighted by atomic mass is 10.3. The van der Waals surface area contributed by atoms with E-state index in [4.69, 9.17) is 0 Å². The molecular weight excluding hydrogens is 211 g/mol. The predicted octanol–water partition coefficient (Wildman–Crippen LogP) is 1.95. The van der Waals surface area contributed by atoms with E-state index in [9.17, 15) is 12.8 Å². The van der Waals surface area contributed by atoms with Gasteiger partial charge in [-0.1, -0.05) is 0 Å². The third-order valence-electron chi connectivity index (χ3n) is 1.55. The molecule has 0 aliphatic rings. The number of rotatable bonds is 2. The molecule has 5 heteroatoms. The summed E-state index contributed by atoms with van der Waals surface area (Å²) in [6, 6.07) is 3.92. The normalized spacial score (nSPS) is 11.6. The highest BCUT2D eigenvalue weighted by Crippen LogP contribution is 2.21. The summed E-state index contributed by atoms with van der Waals surface area (Å²) in [5, 5.41) is 0. The Kier molecular flexibility index (Phi) is 2.98. The van der Waals surface area contributed by atoms with E-state index in [1.807, 2.05) is 0 Å². The molecule has 0 fully saturated rings. The molecule has 0 bridgehead atoms. The van der Waals surface area contributed by atoms with E-state index in [1.165, 1.54) is 23.9 Å². The predicted molar refractivity (Wildman–Crippen MR) is 51.3 cm³/mol. The molecule has 2 nitrogen and oxygen atoms in total. The summed E-state index contributed by atoms with van der Waals surface area (Å²) in [6.45, 7) is 0. The summed E-state index contributed by atoms with van der Waals surface area (Å²) in [7, 11) is -3.30. The molecule has 0 atom stereocenters. The zero-order chi connectivity index (χ0) is 10.1. The summed E-state index contributed by atoms with van der Waals surface area (Å²) in [6.07, 6.45) is 2.79. The summed E-state index contributed by atoms with van der Waals surface area (Å²) in [4.78, 5) is 0.468. The lowest BCUT2D eigenvalue weighted by Crippen LogP contribution is -1.97. The average molecular weight is 220 g/mol. The van der Waals surface area contributed by atoms with Gasteiger partial charge in [0.05, 0.1) is 4.90 Å². The maximum absolute atomic E-state index is 13.1. The van der Waals surface area contributed by atoms with Gasteiger partial charge in [0.25, 0.3) is 0 Å². The summed E-state index contributed by atoms with van der Waals surface area (Å²) >= 11 is 1.24. The molecule has 0 saturated heterocycles. The quantitative estimate of drug-likeness (QED) is 0.714. The van der Waals surface area contributed by atoms with Crippen molar-refractivity contribution in [3.8, 4) is 0 Å². The van der Waals surface area contributed by atoms with E-state index in [0.29, 0.717) is 4.90 Å². The number of hydrogen-bond acceptors (Lipinski definition) is 3. The fourth-order valence-electron chi connectivity index (χ4n) is 0.878. The van der Waals surface area contributed by atoms with E-state index in [2.05, 4.69) is 0 Å². The summed E-state index contributed by atoms with van der Waals surface area (Å²) in [5.74, 6) is -0.490. The van der Waals surface area contributed by atoms with Crippen LogP contribution in [0.5, 0.6) is 0 Å². The van der Waals surface area contributed by atoms with Gasteiger partial charge in [-0.05, 0) is 24.5 Å². The summed E-state index contributed by atoms with van der Waals surface area (Å²) in [5.41, 5.74) is 0. The van der Waals surface area contributed by atoms with Crippen molar-refractivity contribution < 1.29 is 12.8 Å². The number of hydrogen-bond donors (Lipinski definition) is 0. The second kappa shape index (κ2) is 3.67. The first-order valence-corrected chi connectivity index (χ1v) is 6.60. The molecular formula is C8H9FO2S2. The van der Waals surface area contributed by atoms with Gasteiger partial charge in [-0.3, -0.25) is 0 Å².